The highest BCUT2D eigenvalue weighted by molar-refractivity contribution is 5.85. The molecule has 10 heavy (non-hydrogen) atoms. The molecule has 1 unspecified atom stereocenters. The third kappa shape index (κ3) is 1.17. The Hall–Kier alpha value is 0.250. The van der Waals surface area contributed by atoms with Gasteiger partial charge < -0.3 is 5.73 Å². The molecule has 0 heterocycles. The number of fused-ring (bicyclic) bond motifs is 2. The van der Waals surface area contributed by atoms with E-state index < -0.39 is 0 Å². The molecule has 3 atom stereocenters. The van der Waals surface area contributed by atoms with E-state index in [2.05, 4.69) is 0 Å². The highest BCUT2D eigenvalue weighted by atomic mass is 35.5. The van der Waals surface area contributed by atoms with Gasteiger partial charge in [0, 0.05) is 0 Å². The van der Waals surface area contributed by atoms with Crippen molar-refractivity contribution in [2.24, 2.45) is 23.5 Å². The molecule has 0 saturated heterocycles. The highest BCUT2D eigenvalue weighted by Crippen LogP contribution is 2.47. The van der Waals surface area contributed by atoms with E-state index in [-0.39, 0.29) is 12.4 Å². The van der Waals surface area contributed by atoms with Gasteiger partial charge in [-0.25, -0.2) is 0 Å². The molecular weight excluding hydrogens is 146 g/mol. The van der Waals surface area contributed by atoms with Crippen molar-refractivity contribution in [3.63, 3.8) is 0 Å². The molecule has 2 bridgehead atoms. The lowest BCUT2D eigenvalue weighted by Crippen LogP contribution is -2.19. The normalized spacial score (nSPS) is 43.5. The predicted octanol–water partition coefficient (Wildman–Crippen LogP) is 1.80. The number of rotatable bonds is 1. The first-order chi connectivity index (χ1) is 4.40. The average Bonchev–Trinajstić information content (AvgIpc) is 2.45. The quantitative estimate of drug-likeness (QED) is 0.624. The summed E-state index contributed by atoms with van der Waals surface area (Å²) in [4.78, 5) is 0. The Morgan fingerprint density at radius 3 is 2.30 bits per heavy atom. The van der Waals surface area contributed by atoms with E-state index in [1.807, 2.05) is 0 Å². The van der Waals surface area contributed by atoms with Crippen LogP contribution in [0.25, 0.3) is 0 Å². The maximum atomic E-state index is 5.62. The summed E-state index contributed by atoms with van der Waals surface area (Å²) in [5.74, 6) is 3.01. The zero-order valence-corrected chi connectivity index (χ0v) is 7.07. The molecule has 0 aromatic heterocycles. The van der Waals surface area contributed by atoms with Gasteiger partial charge in [-0.05, 0) is 43.6 Å². The standard InChI is InChI=1S/C8H15N.ClH/c9-5-8-4-6-1-2-7(8)3-6;/h6-8H,1-5,9H2;1H/t6-,7-,8?;/m1./s1. The summed E-state index contributed by atoms with van der Waals surface area (Å²) in [7, 11) is 0. The first-order valence-corrected chi connectivity index (χ1v) is 4.10. The van der Waals surface area contributed by atoms with Crippen molar-refractivity contribution in [3.05, 3.63) is 0 Å². The Labute approximate surface area is 68.8 Å². The molecule has 2 rings (SSSR count). The van der Waals surface area contributed by atoms with Gasteiger partial charge in [0.15, 0.2) is 0 Å². The molecule has 2 aliphatic rings. The van der Waals surface area contributed by atoms with E-state index in [1.54, 1.807) is 0 Å². The summed E-state index contributed by atoms with van der Waals surface area (Å²) in [5.41, 5.74) is 5.62. The fourth-order valence-corrected chi connectivity index (χ4v) is 2.67. The lowest BCUT2D eigenvalue weighted by molar-refractivity contribution is 0.341. The molecule has 0 amide bonds. The van der Waals surface area contributed by atoms with Crippen LogP contribution < -0.4 is 5.73 Å². The van der Waals surface area contributed by atoms with Crippen molar-refractivity contribution in [3.8, 4) is 0 Å². The van der Waals surface area contributed by atoms with Crippen LogP contribution in [-0.4, -0.2) is 6.54 Å². The van der Waals surface area contributed by atoms with Crippen LogP contribution in [0.5, 0.6) is 0 Å². The van der Waals surface area contributed by atoms with Crippen LogP contribution in [0.1, 0.15) is 25.7 Å². The highest BCUT2D eigenvalue weighted by Gasteiger charge is 2.38. The number of hydrogen-bond acceptors (Lipinski definition) is 1. The van der Waals surface area contributed by atoms with Crippen LogP contribution in [0, 0.1) is 17.8 Å². The van der Waals surface area contributed by atoms with Crippen molar-refractivity contribution in [1.29, 1.82) is 0 Å². The van der Waals surface area contributed by atoms with Crippen LogP contribution in [0.15, 0.2) is 0 Å². The van der Waals surface area contributed by atoms with Gasteiger partial charge in [-0.3, -0.25) is 0 Å². The van der Waals surface area contributed by atoms with Crippen LogP contribution in [-0.2, 0) is 0 Å². The molecule has 0 aromatic carbocycles. The van der Waals surface area contributed by atoms with Crippen LogP contribution >= 0.6 is 12.4 Å². The van der Waals surface area contributed by atoms with Crippen molar-refractivity contribution < 1.29 is 0 Å². The molecular formula is C8H16ClN. The molecule has 2 fully saturated rings. The number of hydrogen-bond donors (Lipinski definition) is 1. The molecule has 2 saturated carbocycles. The second-order valence-corrected chi connectivity index (χ2v) is 3.67. The molecule has 60 valence electrons. The second-order valence-electron chi connectivity index (χ2n) is 3.67. The van der Waals surface area contributed by atoms with Crippen LogP contribution in [0.4, 0.5) is 0 Å². The number of nitrogens with two attached hydrogens (primary N) is 1. The molecule has 2 heteroatoms. The number of halogens is 1. The van der Waals surface area contributed by atoms with E-state index in [1.165, 1.54) is 25.7 Å². The summed E-state index contributed by atoms with van der Waals surface area (Å²) in [6.07, 6.45) is 5.93. The summed E-state index contributed by atoms with van der Waals surface area (Å²) in [6, 6.07) is 0. The third-order valence-electron chi connectivity index (χ3n) is 3.19. The molecule has 2 N–H and O–H groups in total. The first-order valence-electron chi connectivity index (χ1n) is 4.10. The minimum Gasteiger partial charge on any atom is -0.330 e. The summed E-state index contributed by atoms with van der Waals surface area (Å²) >= 11 is 0. The SMILES string of the molecule is Cl.NCC1C[C@@H]2CC[C@@H]1C2. The van der Waals surface area contributed by atoms with Crippen molar-refractivity contribution in [1.82, 2.24) is 0 Å². The van der Waals surface area contributed by atoms with Gasteiger partial charge in [-0.2, -0.15) is 0 Å². The minimum atomic E-state index is 0. The van der Waals surface area contributed by atoms with Crippen molar-refractivity contribution >= 4 is 12.4 Å². The fourth-order valence-electron chi connectivity index (χ4n) is 2.67. The van der Waals surface area contributed by atoms with Gasteiger partial charge in [0.05, 0.1) is 0 Å². The van der Waals surface area contributed by atoms with E-state index in [4.69, 9.17) is 5.73 Å². The molecule has 0 aromatic rings. The predicted molar refractivity (Wildman–Crippen MR) is 45.2 cm³/mol. The molecule has 1 nitrogen and oxygen atoms in total. The Balaban J connectivity index is 0.000000500. The summed E-state index contributed by atoms with van der Waals surface area (Å²) in [6.45, 7) is 0.946. The Kier molecular flexibility index (Phi) is 2.59. The zero-order valence-electron chi connectivity index (χ0n) is 6.25. The molecule has 0 spiro atoms. The van der Waals surface area contributed by atoms with Crippen molar-refractivity contribution in [2.75, 3.05) is 6.54 Å². The Bertz CT molecular complexity index is 116. The Morgan fingerprint density at radius 1 is 1.20 bits per heavy atom. The summed E-state index contributed by atoms with van der Waals surface area (Å²) < 4.78 is 0. The maximum Gasteiger partial charge on any atom is -0.00461 e. The van der Waals surface area contributed by atoms with Gasteiger partial charge in [0.25, 0.3) is 0 Å². The third-order valence-corrected chi connectivity index (χ3v) is 3.19. The molecule has 2 aliphatic carbocycles. The van der Waals surface area contributed by atoms with Crippen molar-refractivity contribution in [2.45, 2.75) is 25.7 Å². The average molecular weight is 162 g/mol. The van der Waals surface area contributed by atoms with Gasteiger partial charge in [-0.15, -0.1) is 12.4 Å². The smallest absolute Gasteiger partial charge is 0.00461 e. The molecule has 0 aliphatic heterocycles. The maximum absolute atomic E-state index is 5.62. The van der Waals surface area contributed by atoms with E-state index in [0.717, 1.165) is 24.3 Å². The topological polar surface area (TPSA) is 26.0 Å². The van der Waals surface area contributed by atoms with Gasteiger partial charge in [0.2, 0.25) is 0 Å². The zero-order chi connectivity index (χ0) is 6.27. The minimum absolute atomic E-state index is 0. The fraction of sp³-hybridized carbons (Fsp3) is 1.00. The van der Waals surface area contributed by atoms with E-state index in [9.17, 15) is 0 Å². The largest absolute Gasteiger partial charge is 0.330 e. The lowest BCUT2D eigenvalue weighted by Gasteiger charge is -2.18. The molecule has 0 radical (unpaired) electrons. The van der Waals surface area contributed by atoms with Gasteiger partial charge in [0.1, 0.15) is 0 Å². The monoisotopic (exact) mass is 161 g/mol. The Morgan fingerprint density at radius 2 is 2.00 bits per heavy atom. The van der Waals surface area contributed by atoms with Gasteiger partial charge in [-0.1, -0.05) is 6.42 Å². The summed E-state index contributed by atoms with van der Waals surface area (Å²) in [5, 5.41) is 0. The van der Waals surface area contributed by atoms with E-state index in [0.29, 0.717) is 0 Å². The van der Waals surface area contributed by atoms with Gasteiger partial charge >= 0.3 is 0 Å². The van der Waals surface area contributed by atoms with E-state index >= 15 is 0 Å². The first kappa shape index (κ1) is 8.35. The lowest BCUT2D eigenvalue weighted by atomic mass is 9.89. The second kappa shape index (κ2) is 3.10. The van der Waals surface area contributed by atoms with Crippen LogP contribution in [0.2, 0.25) is 0 Å². The van der Waals surface area contributed by atoms with Crippen LogP contribution in [0.3, 0.4) is 0 Å².